The van der Waals surface area contributed by atoms with Crippen molar-refractivity contribution in [2.24, 2.45) is 0 Å². The van der Waals surface area contributed by atoms with Crippen LogP contribution in [0.2, 0.25) is 0 Å². The van der Waals surface area contributed by atoms with E-state index in [1.54, 1.807) is 13.2 Å². The number of carbonyl (C=O) groups is 3. The first-order valence-corrected chi connectivity index (χ1v) is 10.1. The fourth-order valence-electron chi connectivity index (χ4n) is 3.01. The van der Waals surface area contributed by atoms with Crippen molar-refractivity contribution in [3.05, 3.63) is 44.9 Å². The number of hydrogen-bond acceptors (Lipinski definition) is 6. The highest BCUT2D eigenvalue weighted by Gasteiger charge is 2.18. The molecule has 0 saturated heterocycles. The Labute approximate surface area is 169 Å². The lowest BCUT2D eigenvalue weighted by molar-refractivity contribution is -0.142. The van der Waals surface area contributed by atoms with Crippen molar-refractivity contribution in [1.82, 2.24) is 4.57 Å². The Hall–Kier alpha value is -2.25. The number of nitrogens with zero attached hydrogens (tertiary/aromatic N) is 1. The van der Waals surface area contributed by atoms with Crippen molar-refractivity contribution in [1.29, 1.82) is 0 Å². The van der Waals surface area contributed by atoms with Crippen molar-refractivity contribution in [2.75, 3.05) is 20.3 Å². The van der Waals surface area contributed by atoms with Gasteiger partial charge in [-0.1, -0.05) is 0 Å². The number of rotatable bonds is 11. The van der Waals surface area contributed by atoms with E-state index in [0.717, 1.165) is 29.2 Å². The number of methoxy groups -OCH3 is 1. The van der Waals surface area contributed by atoms with Gasteiger partial charge in [0.2, 0.25) is 5.78 Å². The van der Waals surface area contributed by atoms with E-state index < -0.39 is 5.97 Å². The summed E-state index contributed by atoms with van der Waals surface area (Å²) in [5, 5.41) is 0. The molecule has 6 nitrogen and oxygen atoms in total. The third kappa shape index (κ3) is 5.87. The van der Waals surface area contributed by atoms with Gasteiger partial charge in [-0.05, 0) is 45.4 Å². The van der Waals surface area contributed by atoms with Gasteiger partial charge in [0.05, 0.1) is 11.3 Å². The zero-order chi connectivity index (χ0) is 20.7. The fraction of sp³-hybridized carbons (Fsp3) is 0.476. The number of carbonyl (C=O) groups excluding carboxylic acids is 3. The first kappa shape index (κ1) is 22.0. The van der Waals surface area contributed by atoms with E-state index in [1.165, 1.54) is 11.3 Å². The van der Waals surface area contributed by atoms with E-state index >= 15 is 0 Å². The number of aryl methyl sites for hydroxylation is 2. The second-order valence-corrected chi connectivity index (χ2v) is 7.99. The summed E-state index contributed by atoms with van der Waals surface area (Å²) < 4.78 is 12.2. The number of aromatic nitrogens is 1. The van der Waals surface area contributed by atoms with Crippen LogP contribution in [0.4, 0.5) is 0 Å². The monoisotopic (exact) mass is 405 g/mol. The van der Waals surface area contributed by atoms with Gasteiger partial charge >= 0.3 is 5.97 Å². The molecule has 0 spiro atoms. The van der Waals surface area contributed by atoms with Crippen LogP contribution in [0.15, 0.2) is 18.2 Å². The average Bonchev–Trinajstić information content (AvgIpc) is 3.22. The molecule has 0 fully saturated rings. The van der Waals surface area contributed by atoms with Gasteiger partial charge in [-0.25, -0.2) is 0 Å². The first-order valence-electron chi connectivity index (χ1n) is 9.27. The van der Waals surface area contributed by atoms with Crippen LogP contribution in [-0.2, 0) is 20.8 Å². The fourth-order valence-corrected chi connectivity index (χ4v) is 3.85. The highest BCUT2D eigenvalue weighted by molar-refractivity contribution is 7.14. The van der Waals surface area contributed by atoms with Gasteiger partial charge in [0.25, 0.3) is 0 Å². The average molecular weight is 406 g/mol. The first-order chi connectivity index (χ1) is 13.3. The Balaban J connectivity index is 1.83. The molecule has 0 saturated carbocycles. The minimum atomic E-state index is -0.538. The Morgan fingerprint density at radius 2 is 1.82 bits per heavy atom. The summed E-state index contributed by atoms with van der Waals surface area (Å²) in [6.07, 6.45) is 0.910. The molecule has 2 aromatic rings. The molecular formula is C21H27NO5S. The standard InChI is InChI=1S/C21H27NO5S/c1-14-12-17(16(3)22(14)10-5-11-26-4)19(24)13-27-21(25)9-7-18(23)20-8-6-15(2)28-20/h6,8,12H,5,7,9-11,13H2,1-4H3. The van der Waals surface area contributed by atoms with Crippen molar-refractivity contribution >= 4 is 28.9 Å². The molecule has 0 radical (unpaired) electrons. The second-order valence-electron chi connectivity index (χ2n) is 6.70. The molecule has 0 aliphatic carbocycles. The van der Waals surface area contributed by atoms with Gasteiger partial charge in [0.1, 0.15) is 0 Å². The molecule has 2 rings (SSSR count). The summed E-state index contributed by atoms with van der Waals surface area (Å²) in [4.78, 5) is 38.1. The molecule has 7 heteroatoms. The van der Waals surface area contributed by atoms with E-state index in [9.17, 15) is 14.4 Å². The van der Waals surface area contributed by atoms with E-state index in [1.807, 2.05) is 32.9 Å². The van der Waals surface area contributed by atoms with Crippen LogP contribution in [0.1, 0.15) is 55.6 Å². The lowest BCUT2D eigenvalue weighted by Gasteiger charge is -2.09. The maximum atomic E-state index is 12.4. The minimum absolute atomic E-state index is 0.0287. The van der Waals surface area contributed by atoms with Gasteiger partial charge in [0.15, 0.2) is 12.4 Å². The number of hydrogen-bond donors (Lipinski definition) is 0. The summed E-state index contributed by atoms with van der Waals surface area (Å²) in [7, 11) is 1.66. The van der Waals surface area contributed by atoms with Crippen LogP contribution < -0.4 is 0 Å². The predicted molar refractivity (Wildman–Crippen MR) is 108 cm³/mol. The molecule has 0 aliphatic heterocycles. The van der Waals surface area contributed by atoms with Gasteiger partial charge in [0, 0.05) is 48.5 Å². The Kier molecular flexibility index (Phi) is 8.14. The molecule has 0 aromatic carbocycles. The molecule has 0 bridgehead atoms. The van der Waals surface area contributed by atoms with E-state index in [0.29, 0.717) is 17.0 Å². The highest BCUT2D eigenvalue weighted by Crippen LogP contribution is 2.18. The zero-order valence-electron chi connectivity index (χ0n) is 16.9. The van der Waals surface area contributed by atoms with Gasteiger partial charge in [-0.2, -0.15) is 0 Å². The summed E-state index contributed by atoms with van der Waals surface area (Å²) in [5.74, 6) is -0.857. The smallest absolute Gasteiger partial charge is 0.306 e. The largest absolute Gasteiger partial charge is 0.457 e. The lowest BCUT2D eigenvalue weighted by Crippen LogP contribution is -2.15. The number of esters is 1. The molecule has 28 heavy (non-hydrogen) atoms. The number of ether oxygens (including phenoxy) is 2. The molecule has 0 unspecified atom stereocenters. The molecular weight excluding hydrogens is 378 g/mol. The molecule has 0 atom stereocenters. The number of Topliss-reactive ketones (excluding diaryl/α,β-unsaturated/α-hetero) is 2. The van der Waals surface area contributed by atoms with Crippen molar-refractivity contribution < 1.29 is 23.9 Å². The molecule has 2 heterocycles. The summed E-state index contributed by atoms with van der Waals surface area (Å²) in [6.45, 7) is 6.87. The highest BCUT2D eigenvalue weighted by atomic mass is 32.1. The SMILES string of the molecule is COCCCn1c(C)cc(C(=O)COC(=O)CCC(=O)c2ccc(C)s2)c1C. The summed E-state index contributed by atoms with van der Waals surface area (Å²) in [5.41, 5.74) is 2.41. The Morgan fingerprint density at radius 3 is 2.46 bits per heavy atom. The minimum Gasteiger partial charge on any atom is -0.457 e. The third-order valence-corrected chi connectivity index (χ3v) is 5.58. The van der Waals surface area contributed by atoms with E-state index in [4.69, 9.17) is 9.47 Å². The van der Waals surface area contributed by atoms with Crippen LogP contribution in [0.25, 0.3) is 0 Å². The molecule has 152 valence electrons. The van der Waals surface area contributed by atoms with Crippen molar-refractivity contribution in [3.63, 3.8) is 0 Å². The van der Waals surface area contributed by atoms with Crippen LogP contribution in [0.3, 0.4) is 0 Å². The lowest BCUT2D eigenvalue weighted by atomic mass is 10.1. The van der Waals surface area contributed by atoms with Gasteiger partial charge < -0.3 is 14.0 Å². The Bertz CT molecular complexity index is 849. The zero-order valence-corrected chi connectivity index (χ0v) is 17.7. The quantitative estimate of drug-likeness (QED) is 0.322. The number of thiophene rings is 1. The normalized spacial score (nSPS) is 10.9. The summed E-state index contributed by atoms with van der Waals surface area (Å²) >= 11 is 1.41. The molecule has 0 aliphatic rings. The van der Waals surface area contributed by atoms with Crippen LogP contribution in [-0.4, -0.2) is 42.4 Å². The van der Waals surface area contributed by atoms with Crippen LogP contribution in [0.5, 0.6) is 0 Å². The molecule has 2 aromatic heterocycles. The Morgan fingerprint density at radius 1 is 1.07 bits per heavy atom. The van der Waals surface area contributed by atoms with Crippen molar-refractivity contribution in [2.45, 2.75) is 46.6 Å². The van der Waals surface area contributed by atoms with Crippen LogP contribution >= 0.6 is 11.3 Å². The summed E-state index contributed by atoms with van der Waals surface area (Å²) in [6, 6.07) is 5.46. The maximum absolute atomic E-state index is 12.4. The van der Waals surface area contributed by atoms with Gasteiger partial charge in [-0.3, -0.25) is 14.4 Å². The molecule has 0 amide bonds. The van der Waals surface area contributed by atoms with Crippen molar-refractivity contribution in [3.8, 4) is 0 Å². The predicted octanol–water partition coefficient (Wildman–Crippen LogP) is 3.90. The van der Waals surface area contributed by atoms with E-state index in [2.05, 4.69) is 4.57 Å². The van der Waals surface area contributed by atoms with E-state index in [-0.39, 0.29) is 31.0 Å². The topological polar surface area (TPSA) is 74.6 Å². The second kappa shape index (κ2) is 10.3. The van der Waals surface area contributed by atoms with Gasteiger partial charge in [-0.15, -0.1) is 11.3 Å². The van der Waals surface area contributed by atoms with Crippen LogP contribution in [0, 0.1) is 20.8 Å². The molecule has 0 N–H and O–H groups in total. The maximum Gasteiger partial charge on any atom is 0.306 e. The number of ketones is 2. The third-order valence-electron chi connectivity index (χ3n) is 4.54.